The Labute approximate surface area is 101 Å². The van der Waals surface area contributed by atoms with Crippen molar-refractivity contribution < 1.29 is 17.9 Å². The SMILES string of the molecule is Cn1c(N)nnc1SCCCOCC(F)(F)F. The highest BCUT2D eigenvalue weighted by atomic mass is 32.2. The van der Waals surface area contributed by atoms with E-state index in [0.29, 0.717) is 23.3 Å². The van der Waals surface area contributed by atoms with E-state index in [1.54, 1.807) is 11.6 Å². The monoisotopic (exact) mass is 270 g/mol. The second-order valence-electron chi connectivity index (χ2n) is 3.27. The molecule has 0 aliphatic rings. The molecule has 98 valence electrons. The number of hydrogen-bond acceptors (Lipinski definition) is 5. The van der Waals surface area contributed by atoms with Gasteiger partial charge in [-0.05, 0) is 6.42 Å². The molecule has 1 rings (SSSR count). The molecule has 0 bridgehead atoms. The van der Waals surface area contributed by atoms with E-state index < -0.39 is 12.8 Å². The lowest BCUT2D eigenvalue weighted by Gasteiger charge is -2.07. The van der Waals surface area contributed by atoms with Crippen molar-refractivity contribution in [2.45, 2.75) is 17.8 Å². The number of anilines is 1. The first-order chi connectivity index (χ1) is 7.90. The van der Waals surface area contributed by atoms with Crippen molar-refractivity contribution in [3.63, 3.8) is 0 Å². The zero-order valence-corrected chi connectivity index (χ0v) is 10.0. The molecule has 0 amide bonds. The Balaban J connectivity index is 2.11. The van der Waals surface area contributed by atoms with E-state index in [-0.39, 0.29) is 6.61 Å². The third-order valence-corrected chi connectivity index (χ3v) is 2.90. The van der Waals surface area contributed by atoms with Gasteiger partial charge in [-0.25, -0.2) is 0 Å². The predicted octanol–water partition coefficient (Wildman–Crippen LogP) is 1.46. The lowest BCUT2D eigenvalue weighted by atomic mass is 10.5. The number of ether oxygens (including phenoxy) is 1. The maximum absolute atomic E-state index is 11.7. The fraction of sp³-hybridized carbons (Fsp3) is 0.750. The molecule has 0 aliphatic heterocycles. The smallest absolute Gasteiger partial charge is 0.372 e. The number of aromatic nitrogens is 3. The van der Waals surface area contributed by atoms with Crippen LogP contribution in [0.2, 0.25) is 0 Å². The molecule has 0 fully saturated rings. The minimum absolute atomic E-state index is 0.0693. The van der Waals surface area contributed by atoms with Gasteiger partial charge in [0.2, 0.25) is 5.95 Å². The molecule has 0 saturated carbocycles. The van der Waals surface area contributed by atoms with Crippen molar-refractivity contribution in [2.75, 3.05) is 24.7 Å². The lowest BCUT2D eigenvalue weighted by molar-refractivity contribution is -0.173. The summed E-state index contributed by atoms with van der Waals surface area (Å²) in [7, 11) is 1.72. The molecular formula is C8H13F3N4OS. The van der Waals surface area contributed by atoms with E-state index in [2.05, 4.69) is 14.9 Å². The highest BCUT2D eigenvalue weighted by molar-refractivity contribution is 7.99. The third kappa shape index (κ3) is 5.26. The topological polar surface area (TPSA) is 66.0 Å². The molecule has 2 N–H and O–H groups in total. The first-order valence-electron chi connectivity index (χ1n) is 4.82. The van der Waals surface area contributed by atoms with E-state index >= 15 is 0 Å². The fourth-order valence-corrected chi connectivity index (χ4v) is 1.79. The van der Waals surface area contributed by atoms with Crippen molar-refractivity contribution in [3.8, 4) is 0 Å². The van der Waals surface area contributed by atoms with Gasteiger partial charge in [-0.15, -0.1) is 10.2 Å². The van der Waals surface area contributed by atoms with Crippen molar-refractivity contribution in [2.24, 2.45) is 7.05 Å². The minimum atomic E-state index is -4.26. The van der Waals surface area contributed by atoms with Gasteiger partial charge in [-0.3, -0.25) is 4.57 Å². The molecule has 5 nitrogen and oxygen atoms in total. The Bertz CT molecular complexity index is 355. The third-order valence-electron chi connectivity index (χ3n) is 1.80. The summed E-state index contributed by atoms with van der Waals surface area (Å²) in [6.45, 7) is -1.13. The van der Waals surface area contributed by atoms with Gasteiger partial charge in [-0.2, -0.15) is 13.2 Å². The van der Waals surface area contributed by atoms with Gasteiger partial charge in [0.25, 0.3) is 0 Å². The van der Waals surface area contributed by atoms with Crippen LogP contribution >= 0.6 is 11.8 Å². The van der Waals surface area contributed by atoms with Crippen molar-refractivity contribution in [1.29, 1.82) is 0 Å². The number of nitrogen functional groups attached to an aromatic ring is 1. The summed E-state index contributed by atoms with van der Waals surface area (Å²) in [5, 5.41) is 8.09. The molecule has 0 unspecified atom stereocenters. The van der Waals surface area contributed by atoms with Gasteiger partial charge in [0, 0.05) is 19.4 Å². The summed E-state index contributed by atoms with van der Waals surface area (Å²) in [5.41, 5.74) is 5.47. The maximum Gasteiger partial charge on any atom is 0.411 e. The van der Waals surface area contributed by atoms with Crippen LogP contribution in [0.1, 0.15) is 6.42 Å². The van der Waals surface area contributed by atoms with E-state index in [9.17, 15) is 13.2 Å². The zero-order chi connectivity index (χ0) is 12.9. The Hall–Kier alpha value is -0.960. The Morgan fingerprint density at radius 2 is 2.12 bits per heavy atom. The van der Waals surface area contributed by atoms with Crippen LogP contribution in [0.3, 0.4) is 0 Å². The molecular weight excluding hydrogens is 257 g/mol. The summed E-state index contributed by atoms with van der Waals surface area (Å²) in [6, 6.07) is 0. The van der Waals surface area contributed by atoms with Crippen LogP contribution < -0.4 is 5.73 Å². The van der Waals surface area contributed by atoms with E-state index in [4.69, 9.17) is 5.73 Å². The quantitative estimate of drug-likeness (QED) is 0.626. The average molecular weight is 270 g/mol. The minimum Gasteiger partial charge on any atom is -0.372 e. The molecule has 9 heteroatoms. The summed E-state index contributed by atoms with van der Waals surface area (Å²) in [6.07, 6.45) is -3.75. The van der Waals surface area contributed by atoms with Crippen LogP contribution in [0.15, 0.2) is 5.16 Å². The van der Waals surface area contributed by atoms with Crippen LogP contribution in [0.4, 0.5) is 19.1 Å². The summed E-state index contributed by atoms with van der Waals surface area (Å²) in [5.74, 6) is 0.907. The van der Waals surface area contributed by atoms with Crippen molar-refractivity contribution in [1.82, 2.24) is 14.8 Å². The number of nitrogens with two attached hydrogens (primary N) is 1. The van der Waals surface area contributed by atoms with Crippen LogP contribution in [-0.4, -0.2) is 39.9 Å². The van der Waals surface area contributed by atoms with Gasteiger partial charge in [0.15, 0.2) is 5.16 Å². The van der Waals surface area contributed by atoms with E-state index in [1.165, 1.54) is 11.8 Å². The lowest BCUT2D eigenvalue weighted by Crippen LogP contribution is -2.17. The van der Waals surface area contributed by atoms with Crippen molar-refractivity contribution in [3.05, 3.63) is 0 Å². The number of thioether (sulfide) groups is 1. The van der Waals surface area contributed by atoms with Gasteiger partial charge >= 0.3 is 6.18 Å². The van der Waals surface area contributed by atoms with Crippen LogP contribution in [0, 0.1) is 0 Å². The molecule has 0 spiro atoms. The second kappa shape index (κ2) is 6.10. The number of hydrogen-bond donors (Lipinski definition) is 1. The molecule has 1 aromatic heterocycles. The molecule has 0 radical (unpaired) electrons. The summed E-state index contributed by atoms with van der Waals surface area (Å²) < 4.78 is 41.2. The Kier molecular flexibility index (Phi) is 5.06. The fourth-order valence-electron chi connectivity index (χ4n) is 0.964. The highest BCUT2D eigenvalue weighted by Gasteiger charge is 2.27. The largest absolute Gasteiger partial charge is 0.411 e. The molecule has 0 saturated heterocycles. The van der Waals surface area contributed by atoms with Crippen LogP contribution in [0.5, 0.6) is 0 Å². The molecule has 0 aromatic carbocycles. The van der Waals surface area contributed by atoms with E-state index in [1.807, 2.05) is 0 Å². The molecule has 1 aromatic rings. The Morgan fingerprint density at radius 3 is 2.65 bits per heavy atom. The number of alkyl halides is 3. The second-order valence-corrected chi connectivity index (χ2v) is 4.33. The molecule has 0 aliphatic carbocycles. The first-order valence-corrected chi connectivity index (χ1v) is 5.81. The van der Waals surface area contributed by atoms with Crippen LogP contribution in [0.25, 0.3) is 0 Å². The average Bonchev–Trinajstić information content (AvgIpc) is 2.53. The number of halogens is 3. The summed E-state index contributed by atoms with van der Waals surface area (Å²) in [4.78, 5) is 0. The van der Waals surface area contributed by atoms with Gasteiger partial charge < -0.3 is 10.5 Å². The van der Waals surface area contributed by atoms with Gasteiger partial charge in [0.05, 0.1) is 0 Å². The molecule has 1 heterocycles. The van der Waals surface area contributed by atoms with E-state index in [0.717, 1.165) is 0 Å². The highest BCUT2D eigenvalue weighted by Crippen LogP contribution is 2.18. The van der Waals surface area contributed by atoms with Crippen LogP contribution in [-0.2, 0) is 11.8 Å². The number of rotatable bonds is 6. The molecule has 0 atom stereocenters. The maximum atomic E-state index is 11.7. The van der Waals surface area contributed by atoms with Crippen molar-refractivity contribution >= 4 is 17.7 Å². The number of nitrogens with zero attached hydrogens (tertiary/aromatic N) is 3. The van der Waals surface area contributed by atoms with Gasteiger partial charge in [-0.1, -0.05) is 11.8 Å². The Morgan fingerprint density at radius 1 is 1.41 bits per heavy atom. The molecule has 17 heavy (non-hydrogen) atoms. The standard InChI is InChI=1S/C8H13F3N4OS/c1-15-6(12)13-14-7(15)17-4-2-3-16-5-8(9,10)11/h2-5H2,1H3,(H2,12,13). The summed E-state index contributed by atoms with van der Waals surface area (Å²) >= 11 is 1.37. The predicted molar refractivity (Wildman–Crippen MR) is 57.6 cm³/mol. The first kappa shape index (κ1) is 14.1. The normalized spacial score (nSPS) is 12.0. The van der Waals surface area contributed by atoms with Gasteiger partial charge in [0.1, 0.15) is 6.61 Å². The zero-order valence-electron chi connectivity index (χ0n) is 9.20.